The number of hydrogen-bond acceptors (Lipinski definition) is 3. The Hall–Kier alpha value is -1.90. The van der Waals surface area contributed by atoms with E-state index in [1.807, 2.05) is 6.92 Å². The molecule has 2 atom stereocenters. The highest BCUT2D eigenvalue weighted by Gasteiger charge is 2.52. The number of esters is 1. The Labute approximate surface area is 131 Å². The molecule has 0 radical (unpaired) electrons. The largest absolute Gasteiger partial charge is 0.469 e. The first-order valence-electron chi connectivity index (χ1n) is 7.81. The Morgan fingerprint density at radius 1 is 1.27 bits per heavy atom. The second-order valence-corrected chi connectivity index (χ2v) is 6.82. The summed E-state index contributed by atoms with van der Waals surface area (Å²) in [6, 6.07) is 8.43. The van der Waals surface area contributed by atoms with E-state index in [-0.39, 0.29) is 23.6 Å². The van der Waals surface area contributed by atoms with Crippen molar-refractivity contribution in [3.05, 3.63) is 47.0 Å². The first-order valence-corrected chi connectivity index (χ1v) is 7.81. The molecule has 2 aliphatic carbocycles. The molecule has 0 heterocycles. The molecule has 0 saturated heterocycles. The van der Waals surface area contributed by atoms with Gasteiger partial charge in [0.2, 0.25) is 0 Å². The van der Waals surface area contributed by atoms with Crippen LogP contribution >= 0.6 is 0 Å². The molecule has 3 nitrogen and oxygen atoms in total. The van der Waals surface area contributed by atoms with Crippen LogP contribution in [0.5, 0.6) is 0 Å². The summed E-state index contributed by atoms with van der Waals surface area (Å²) in [5.41, 5.74) is 2.82. The number of ketones is 1. The molecular weight excluding hydrogens is 276 g/mol. The van der Waals surface area contributed by atoms with Crippen molar-refractivity contribution in [2.45, 2.75) is 44.9 Å². The number of Topliss-reactive ketones (excluding diaryl/α,β-unsaturated/α-hetero) is 1. The third-order valence-corrected chi connectivity index (χ3v) is 5.52. The van der Waals surface area contributed by atoms with Crippen LogP contribution in [0.3, 0.4) is 0 Å². The van der Waals surface area contributed by atoms with Gasteiger partial charge in [0.25, 0.3) is 0 Å². The Kier molecular flexibility index (Phi) is 3.47. The molecule has 0 bridgehead atoms. The van der Waals surface area contributed by atoms with Crippen LogP contribution in [0, 0.1) is 5.41 Å². The lowest BCUT2D eigenvalue weighted by molar-refractivity contribution is -0.146. The second kappa shape index (κ2) is 5.08. The van der Waals surface area contributed by atoms with Gasteiger partial charge in [-0.2, -0.15) is 0 Å². The van der Waals surface area contributed by atoms with E-state index in [1.165, 1.54) is 18.2 Å². The summed E-state index contributed by atoms with van der Waals surface area (Å²) >= 11 is 0. The van der Waals surface area contributed by atoms with Crippen LogP contribution < -0.4 is 0 Å². The summed E-state index contributed by atoms with van der Waals surface area (Å²) in [5.74, 6) is -0.166. The van der Waals surface area contributed by atoms with Gasteiger partial charge in [-0.1, -0.05) is 37.3 Å². The molecule has 1 saturated carbocycles. The average Bonchev–Trinajstić information content (AvgIpc) is 2.51. The monoisotopic (exact) mass is 298 g/mol. The van der Waals surface area contributed by atoms with Gasteiger partial charge >= 0.3 is 5.97 Å². The smallest absolute Gasteiger partial charge is 0.306 e. The fourth-order valence-electron chi connectivity index (χ4n) is 4.27. The molecule has 1 aromatic rings. The molecule has 1 fully saturated rings. The Morgan fingerprint density at radius 3 is 2.73 bits per heavy atom. The summed E-state index contributed by atoms with van der Waals surface area (Å²) in [7, 11) is 1.38. The van der Waals surface area contributed by atoms with Crippen LogP contribution in [0.1, 0.15) is 44.2 Å². The highest BCUT2D eigenvalue weighted by atomic mass is 16.5. The number of methoxy groups -OCH3 is 1. The number of allylic oxidation sites excluding steroid dienone is 2. The number of benzene rings is 1. The first kappa shape index (κ1) is 15.0. The molecule has 0 spiro atoms. The standard InChI is InChI=1S/C19H22O3/c1-18-11-10-16(20)19(2,12-17(21)22-3)15(18)9-8-13-6-4-5-7-14(13)18/h4-7,9H,8,10-12H2,1-3H3. The van der Waals surface area contributed by atoms with Crippen molar-refractivity contribution in [2.75, 3.05) is 7.11 Å². The van der Waals surface area contributed by atoms with Crippen LogP contribution in [0.4, 0.5) is 0 Å². The van der Waals surface area contributed by atoms with E-state index in [9.17, 15) is 9.59 Å². The minimum absolute atomic E-state index is 0.131. The molecule has 0 amide bonds. The topological polar surface area (TPSA) is 43.4 Å². The molecule has 0 aliphatic heterocycles. The van der Waals surface area contributed by atoms with Crippen molar-refractivity contribution in [3.63, 3.8) is 0 Å². The Balaban J connectivity index is 2.10. The molecule has 3 heteroatoms. The van der Waals surface area contributed by atoms with E-state index in [1.54, 1.807) is 0 Å². The molecule has 2 unspecified atom stereocenters. The quantitative estimate of drug-likeness (QED) is 0.621. The fourth-order valence-corrected chi connectivity index (χ4v) is 4.27. The van der Waals surface area contributed by atoms with Crippen molar-refractivity contribution in [3.8, 4) is 0 Å². The van der Waals surface area contributed by atoms with Gasteiger partial charge in [-0.15, -0.1) is 0 Å². The van der Waals surface area contributed by atoms with E-state index in [2.05, 4.69) is 37.3 Å². The lowest BCUT2D eigenvalue weighted by atomic mass is 9.53. The number of ether oxygens (including phenoxy) is 1. The van der Waals surface area contributed by atoms with Crippen molar-refractivity contribution in [2.24, 2.45) is 5.41 Å². The summed E-state index contributed by atoms with van der Waals surface area (Å²) in [5, 5.41) is 0. The number of fused-ring (bicyclic) bond motifs is 3. The van der Waals surface area contributed by atoms with Crippen LogP contribution in [0.15, 0.2) is 35.9 Å². The maximum Gasteiger partial charge on any atom is 0.306 e. The molecule has 0 N–H and O–H groups in total. The Morgan fingerprint density at radius 2 is 2.00 bits per heavy atom. The second-order valence-electron chi connectivity index (χ2n) is 6.82. The first-order chi connectivity index (χ1) is 10.4. The molecule has 2 aliphatic rings. The van der Waals surface area contributed by atoms with E-state index in [0.717, 1.165) is 18.4 Å². The zero-order valence-corrected chi connectivity index (χ0v) is 13.4. The molecule has 3 rings (SSSR count). The third-order valence-electron chi connectivity index (χ3n) is 5.52. The summed E-state index contributed by atoms with van der Waals surface area (Å²) in [6.45, 7) is 4.11. The highest BCUT2D eigenvalue weighted by Crippen LogP contribution is 2.54. The average molecular weight is 298 g/mol. The Bertz CT molecular complexity index is 673. The van der Waals surface area contributed by atoms with E-state index >= 15 is 0 Å². The SMILES string of the molecule is COC(=O)CC1(C)C(=O)CCC2(C)C1=CCc1ccccc12. The van der Waals surface area contributed by atoms with Gasteiger partial charge in [0, 0.05) is 11.8 Å². The lowest BCUT2D eigenvalue weighted by Crippen LogP contribution is -2.47. The van der Waals surface area contributed by atoms with Crippen molar-refractivity contribution in [1.29, 1.82) is 0 Å². The fraction of sp³-hybridized carbons (Fsp3) is 0.474. The predicted octanol–water partition coefficient (Wildman–Crippen LogP) is 3.36. The number of rotatable bonds is 2. The normalized spacial score (nSPS) is 30.1. The minimum Gasteiger partial charge on any atom is -0.469 e. The van der Waals surface area contributed by atoms with Crippen LogP contribution in [-0.4, -0.2) is 18.9 Å². The number of carbonyl (C=O) groups is 2. The molecule has 116 valence electrons. The zero-order valence-electron chi connectivity index (χ0n) is 13.4. The number of hydrogen-bond donors (Lipinski definition) is 0. The molecular formula is C19H22O3. The van der Waals surface area contributed by atoms with Crippen molar-refractivity contribution >= 4 is 11.8 Å². The number of carbonyl (C=O) groups excluding carboxylic acids is 2. The van der Waals surface area contributed by atoms with Crippen LogP contribution in [-0.2, 0) is 26.2 Å². The van der Waals surface area contributed by atoms with Gasteiger partial charge in [0.05, 0.1) is 18.9 Å². The predicted molar refractivity (Wildman–Crippen MR) is 84.6 cm³/mol. The van der Waals surface area contributed by atoms with E-state index in [4.69, 9.17) is 4.74 Å². The van der Waals surface area contributed by atoms with Gasteiger partial charge in [-0.3, -0.25) is 9.59 Å². The van der Waals surface area contributed by atoms with Crippen molar-refractivity contribution in [1.82, 2.24) is 0 Å². The molecule has 22 heavy (non-hydrogen) atoms. The van der Waals surface area contributed by atoms with Gasteiger partial charge < -0.3 is 4.74 Å². The van der Waals surface area contributed by atoms with E-state index < -0.39 is 5.41 Å². The van der Waals surface area contributed by atoms with E-state index in [0.29, 0.717) is 6.42 Å². The minimum atomic E-state index is -0.742. The van der Waals surface area contributed by atoms with Crippen molar-refractivity contribution < 1.29 is 14.3 Å². The van der Waals surface area contributed by atoms with Crippen LogP contribution in [0.25, 0.3) is 0 Å². The van der Waals surface area contributed by atoms with Gasteiger partial charge in [-0.05, 0) is 36.5 Å². The highest BCUT2D eigenvalue weighted by molar-refractivity contribution is 5.93. The molecule has 0 aromatic heterocycles. The maximum atomic E-state index is 12.6. The lowest BCUT2D eigenvalue weighted by Gasteiger charge is -2.49. The summed E-state index contributed by atoms with van der Waals surface area (Å²) < 4.78 is 4.83. The summed E-state index contributed by atoms with van der Waals surface area (Å²) in [4.78, 5) is 24.5. The van der Waals surface area contributed by atoms with Gasteiger partial charge in [0.1, 0.15) is 5.78 Å². The third kappa shape index (κ3) is 2.03. The van der Waals surface area contributed by atoms with Gasteiger partial charge in [0.15, 0.2) is 0 Å². The molecule has 1 aromatic carbocycles. The summed E-state index contributed by atoms with van der Waals surface area (Å²) in [6.07, 6.45) is 4.44. The maximum absolute atomic E-state index is 12.6. The zero-order chi connectivity index (χ0) is 16.0. The van der Waals surface area contributed by atoms with Gasteiger partial charge in [-0.25, -0.2) is 0 Å². The van der Waals surface area contributed by atoms with Crippen LogP contribution in [0.2, 0.25) is 0 Å².